The SMILES string of the molecule is O=C(O)c1cc(-c2ccc(F)cc2)nc2c3c(C4CC4)cc(C(F)(F)F)nc3nn12. The lowest BCUT2D eigenvalue weighted by Crippen LogP contribution is -2.09. The van der Waals surface area contributed by atoms with Gasteiger partial charge in [-0.25, -0.2) is 23.7 Å². The second-order valence-corrected chi connectivity index (χ2v) is 7.14. The van der Waals surface area contributed by atoms with Crippen LogP contribution in [0.25, 0.3) is 27.9 Å². The first kappa shape index (κ1) is 18.5. The molecule has 1 N–H and O–H groups in total. The quantitative estimate of drug-likeness (QED) is 0.491. The minimum Gasteiger partial charge on any atom is -0.477 e. The Morgan fingerprint density at radius 3 is 2.40 bits per heavy atom. The predicted molar refractivity (Wildman–Crippen MR) is 97.6 cm³/mol. The van der Waals surface area contributed by atoms with Gasteiger partial charge in [0.1, 0.15) is 11.5 Å². The van der Waals surface area contributed by atoms with E-state index in [4.69, 9.17) is 0 Å². The van der Waals surface area contributed by atoms with Crippen molar-refractivity contribution in [1.82, 2.24) is 19.6 Å². The lowest BCUT2D eigenvalue weighted by Gasteiger charge is -2.09. The molecule has 1 aromatic carbocycles. The van der Waals surface area contributed by atoms with E-state index in [-0.39, 0.29) is 28.6 Å². The molecule has 5 rings (SSSR count). The second-order valence-electron chi connectivity index (χ2n) is 7.14. The van der Waals surface area contributed by atoms with E-state index >= 15 is 0 Å². The Bertz CT molecular complexity index is 1330. The largest absolute Gasteiger partial charge is 0.477 e. The number of carboxylic acid groups (broad SMARTS) is 1. The Hall–Kier alpha value is -3.56. The van der Waals surface area contributed by atoms with Crippen LogP contribution in [0.3, 0.4) is 0 Å². The zero-order valence-corrected chi connectivity index (χ0v) is 15.1. The van der Waals surface area contributed by atoms with Crippen molar-refractivity contribution in [3.05, 3.63) is 59.2 Å². The van der Waals surface area contributed by atoms with Crippen molar-refractivity contribution in [3.63, 3.8) is 0 Å². The third-order valence-electron chi connectivity index (χ3n) is 5.04. The summed E-state index contributed by atoms with van der Waals surface area (Å²) < 4.78 is 54.2. The van der Waals surface area contributed by atoms with E-state index in [1.165, 1.54) is 30.3 Å². The summed E-state index contributed by atoms with van der Waals surface area (Å²) in [7, 11) is 0. The van der Waals surface area contributed by atoms with E-state index in [0.29, 0.717) is 16.5 Å². The zero-order valence-electron chi connectivity index (χ0n) is 15.1. The topological polar surface area (TPSA) is 80.4 Å². The van der Waals surface area contributed by atoms with Gasteiger partial charge in [0.25, 0.3) is 0 Å². The molecule has 0 radical (unpaired) electrons. The fourth-order valence-corrected chi connectivity index (χ4v) is 3.49. The van der Waals surface area contributed by atoms with Gasteiger partial charge in [0.2, 0.25) is 0 Å². The molecule has 3 aromatic heterocycles. The van der Waals surface area contributed by atoms with Crippen LogP contribution >= 0.6 is 0 Å². The van der Waals surface area contributed by atoms with E-state index in [2.05, 4.69) is 15.1 Å². The van der Waals surface area contributed by atoms with Crippen molar-refractivity contribution >= 4 is 22.6 Å². The number of pyridine rings is 1. The van der Waals surface area contributed by atoms with Crippen LogP contribution in [-0.2, 0) is 6.18 Å². The average Bonchev–Trinajstić information content (AvgIpc) is 3.46. The van der Waals surface area contributed by atoms with Gasteiger partial charge in [0, 0.05) is 5.56 Å². The summed E-state index contributed by atoms with van der Waals surface area (Å²) in [5.41, 5.74) is -0.358. The molecule has 0 unspecified atom stereocenters. The molecule has 1 aliphatic rings. The van der Waals surface area contributed by atoms with Gasteiger partial charge in [0.05, 0.1) is 11.1 Å². The highest BCUT2D eigenvalue weighted by molar-refractivity contribution is 5.97. The van der Waals surface area contributed by atoms with Crippen molar-refractivity contribution in [1.29, 1.82) is 0 Å². The first-order chi connectivity index (χ1) is 14.2. The number of carbonyl (C=O) groups is 1. The molecular formula is C20H12F4N4O2. The molecule has 10 heteroatoms. The van der Waals surface area contributed by atoms with Crippen LogP contribution in [-0.4, -0.2) is 30.7 Å². The number of rotatable bonds is 3. The summed E-state index contributed by atoms with van der Waals surface area (Å²) >= 11 is 0. The van der Waals surface area contributed by atoms with Gasteiger partial charge < -0.3 is 5.11 Å². The van der Waals surface area contributed by atoms with Crippen LogP contribution in [0.4, 0.5) is 17.6 Å². The van der Waals surface area contributed by atoms with Crippen LogP contribution in [0.5, 0.6) is 0 Å². The van der Waals surface area contributed by atoms with Crippen molar-refractivity contribution < 1.29 is 27.5 Å². The molecule has 0 atom stereocenters. The Morgan fingerprint density at radius 1 is 1.10 bits per heavy atom. The van der Waals surface area contributed by atoms with Crippen molar-refractivity contribution in [2.75, 3.05) is 0 Å². The number of hydrogen-bond donors (Lipinski definition) is 1. The lowest BCUT2D eigenvalue weighted by molar-refractivity contribution is -0.141. The van der Waals surface area contributed by atoms with Crippen molar-refractivity contribution in [3.8, 4) is 11.3 Å². The summed E-state index contributed by atoms with van der Waals surface area (Å²) in [4.78, 5) is 19.9. The number of fused-ring (bicyclic) bond motifs is 3. The van der Waals surface area contributed by atoms with E-state index in [9.17, 15) is 27.5 Å². The molecule has 152 valence electrons. The molecule has 3 heterocycles. The lowest BCUT2D eigenvalue weighted by atomic mass is 10.1. The Balaban J connectivity index is 1.86. The highest BCUT2D eigenvalue weighted by atomic mass is 19.4. The van der Waals surface area contributed by atoms with Gasteiger partial charge in [-0.15, -0.1) is 5.10 Å². The van der Waals surface area contributed by atoms with Gasteiger partial charge in [0.15, 0.2) is 17.0 Å². The van der Waals surface area contributed by atoms with E-state index < -0.39 is 23.7 Å². The molecule has 1 saturated carbocycles. The maximum absolute atomic E-state index is 13.3. The Morgan fingerprint density at radius 2 is 1.80 bits per heavy atom. The van der Waals surface area contributed by atoms with E-state index in [0.717, 1.165) is 23.4 Å². The maximum Gasteiger partial charge on any atom is 0.433 e. The van der Waals surface area contributed by atoms with E-state index in [1.54, 1.807) is 0 Å². The first-order valence-corrected chi connectivity index (χ1v) is 9.03. The van der Waals surface area contributed by atoms with Gasteiger partial charge >= 0.3 is 12.1 Å². The number of carboxylic acids is 1. The predicted octanol–water partition coefficient (Wildman–Crippen LogP) is 4.68. The normalized spacial score (nSPS) is 14.5. The minimum absolute atomic E-state index is 0.0887. The smallest absolute Gasteiger partial charge is 0.433 e. The van der Waals surface area contributed by atoms with E-state index in [1.807, 2.05) is 0 Å². The fraction of sp³-hybridized carbons (Fsp3) is 0.200. The monoisotopic (exact) mass is 416 g/mol. The number of benzene rings is 1. The summed E-state index contributed by atoms with van der Waals surface area (Å²) in [6.45, 7) is 0. The van der Waals surface area contributed by atoms with Crippen LogP contribution < -0.4 is 0 Å². The summed E-state index contributed by atoms with van der Waals surface area (Å²) in [5, 5.41) is 14.0. The Labute approximate surface area is 165 Å². The summed E-state index contributed by atoms with van der Waals surface area (Å²) in [6, 6.07) is 7.55. The van der Waals surface area contributed by atoms with Gasteiger partial charge in [-0.3, -0.25) is 0 Å². The van der Waals surface area contributed by atoms with Crippen LogP contribution in [0, 0.1) is 5.82 Å². The number of halogens is 4. The molecule has 0 spiro atoms. The van der Waals surface area contributed by atoms with Crippen molar-refractivity contribution in [2.24, 2.45) is 0 Å². The highest BCUT2D eigenvalue weighted by Crippen LogP contribution is 2.45. The molecule has 6 nitrogen and oxygen atoms in total. The van der Waals surface area contributed by atoms with Crippen molar-refractivity contribution in [2.45, 2.75) is 24.9 Å². The molecule has 1 aliphatic carbocycles. The molecular weight excluding hydrogens is 404 g/mol. The van der Waals surface area contributed by atoms with Crippen LogP contribution in [0.2, 0.25) is 0 Å². The summed E-state index contributed by atoms with van der Waals surface area (Å²) in [6.07, 6.45) is -3.22. The van der Waals surface area contributed by atoms with Crippen LogP contribution in [0.15, 0.2) is 36.4 Å². The van der Waals surface area contributed by atoms with Gasteiger partial charge in [-0.1, -0.05) is 0 Å². The van der Waals surface area contributed by atoms with Crippen LogP contribution in [0.1, 0.15) is 40.5 Å². The number of aromatic carboxylic acids is 1. The second kappa shape index (κ2) is 6.22. The number of alkyl halides is 3. The highest BCUT2D eigenvalue weighted by Gasteiger charge is 2.37. The molecule has 0 amide bonds. The zero-order chi connectivity index (χ0) is 21.2. The first-order valence-electron chi connectivity index (χ1n) is 9.03. The molecule has 4 aromatic rings. The molecule has 0 saturated heterocycles. The number of hydrogen-bond acceptors (Lipinski definition) is 4. The third-order valence-corrected chi connectivity index (χ3v) is 5.04. The summed E-state index contributed by atoms with van der Waals surface area (Å²) in [5.74, 6) is -1.88. The van der Waals surface area contributed by atoms with Gasteiger partial charge in [-0.05, 0) is 60.7 Å². The fourth-order valence-electron chi connectivity index (χ4n) is 3.49. The molecule has 30 heavy (non-hydrogen) atoms. The van der Waals surface area contributed by atoms with Gasteiger partial charge in [-0.2, -0.15) is 13.2 Å². The molecule has 1 fully saturated rings. The number of nitrogens with zero attached hydrogens (tertiary/aromatic N) is 4. The minimum atomic E-state index is -4.66. The maximum atomic E-state index is 13.3. The Kier molecular flexibility index (Phi) is 3.83. The standard InChI is InChI=1S/C20H12F4N4O2/c21-11-5-3-10(4-6-11)13-8-14(19(29)30)28-18(25-13)16-12(9-1-2-9)7-15(20(22,23)24)26-17(16)27-28/h3-9H,1-2H2,(H,29,30). The molecule has 0 aliphatic heterocycles. The molecule has 0 bridgehead atoms. The number of aromatic nitrogens is 4. The average molecular weight is 416 g/mol. The third kappa shape index (κ3) is 2.95.